The van der Waals surface area contributed by atoms with Crippen molar-refractivity contribution in [3.63, 3.8) is 0 Å². The van der Waals surface area contributed by atoms with Crippen LogP contribution >= 0.6 is 7.92 Å². The molecule has 35 heavy (non-hydrogen) atoms. The first-order valence-electron chi connectivity index (χ1n) is 13.3. The Hall–Kier alpha value is -2.67. The third-order valence-electron chi connectivity index (χ3n) is 7.73. The molecule has 4 aromatic carbocycles. The second-order valence-electron chi connectivity index (χ2n) is 10.0. The summed E-state index contributed by atoms with van der Waals surface area (Å²) in [6.07, 6.45) is 6.65. The van der Waals surface area contributed by atoms with Crippen molar-refractivity contribution in [1.82, 2.24) is 4.90 Å². The number of hydrogen-bond acceptors (Lipinski definition) is 2. The van der Waals surface area contributed by atoms with Gasteiger partial charge in [0.15, 0.2) is 0 Å². The lowest BCUT2D eigenvalue weighted by Gasteiger charge is -2.42. The Labute approximate surface area is 211 Å². The van der Waals surface area contributed by atoms with Gasteiger partial charge in [-0.25, -0.2) is 0 Å². The van der Waals surface area contributed by atoms with E-state index in [1.54, 1.807) is 0 Å². The zero-order valence-electron chi connectivity index (χ0n) is 20.5. The molecular weight excluding hydrogens is 443 g/mol. The Morgan fingerprint density at radius 3 is 1.97 bits per heavy atom. The molecule has 6 rings (SSSR count). The van der Waals surface area contributed by atoms with Crippen molar-refractivity contribution in [3.05, 3.63) is 97.1 Å². The van der Waals surface area contributed by atoms with Crippen molar-refractivity contribution < 1.29 is 0 Å². The van der Waals surface area contributed by atoms with Crippen LogP contribution in [0.1, 0.15) is 32.1 Å². The molecule has 0 radical (unpaired) electrons. The zero-order valence-corrected chi connectivity index (χ0v) is 21.4. The molecule has 2 aliphatic rings. The van der Waals surface area contributed by atoms with Gasteiger partial charge in [0.2, 0.25) is 0 Å². The lowest BCUT2D eigenvalue weighted by atomic mass is 9.98. The third-order valence-corrected chi connectivity index (χ3v) is 10.2. The van der Waals surface area contributed by atoms with E-state index in [1.807, 2.05) is 0 Å². The van der Waals surface area contributed by atoms with Crippen LogP contribution in [0.25, 0.3) is 10.8 Å². The van der Waals surface area contributed by atoms with Crippen LogP contribution in [0.15, 0.2) is 97.1 Å². The number of likely N-dealkylation sites (tertiary alicyclic amines) is 1. The highest BCUT2D eigenvalue weighted by Gasteiger charge is 2.31. The molecule has 2 saturated heterocycles. The quantitative estimate of drug-likeness (QED) is 0.311. The Kier molecular flexibility index (Phi) is 6.85. The average molecular weight is 479 g/mol. The summed E-state index contributed by atoms with van der Waals surface area (Å²) in [6, 6.07) is 36.8. The largest absolute Gasteiger partial charge is 0.366 e. The lowest BCUT2D eigenvalue weighted by Crippen LogP contribution is -2.48. The molecule has 4 aromatic rings. The van der Waals surface area contributed by atoms with Crippen LogP contribution in [0, 0.1) is 0 Å². The number of anilines is 1. The van der Waals surface area contributed by atoms with E-state index in [9.17, 15) is 0 Å². The molecular formula is C32H35N2P. The maximum atomic E-state index is 2.82. The van der Waals surface area contributed by atoms with Gasteiger partial charge in [0.25, 0.3) is 0 Å². The molecule has 1 unspecified atom stereocenters. The summed E-state index contributed by atoms with van der Waals surface area (Å²) in [7, 11) is -0.654. The first-order valence-corrected chi connectivity index (χ1v) is 14.6. The van der Waals surface area contributed by atoms with Crippen LogP contribution in [0.4, 0.5) is 5.69 Å². The van der Waals surface area contributed by atoms with Crippen LogP contribution < -0.4 is 20.8 Å². The summed E-state index contributed by atoms with van der Waals surface area (Å²) >= 11 is 0. The van der Waals surface area contributed by atoms with Gasteiger partial charge < -0.3 is 9.80 Å². The maximum Gasteiger partial charge on any atom is 0.0533 e. The monoisotopic (exact) mass is 478 g/mol. The molecule has 2 heterocycles. The van der Waals surface area contributed by atoms with Gasteiger partial charge in [0.1, 0.15) is 0 Å². The van der Waals surface area contributed by atoms with Crippen molar-refractivity contribution in [2.45, 2.75) is 38.1 Å². The first-order chi connectivity index (χ1) is 17.4. The molecule has 2 fully saturated rings. The van der Waals surface area contributed by atoms with Gasteiger partial charge in [-0.3, -0.25) is 0 Å². The van der Waals surface area contributed by atoms with Crippen molar-refractivity contribution in [2.75, 3.05) is 31.1 Å². The summed E-state index contributed by atoms with van der Waals surface area (Å²) in [6.45, 7) is 4.91. The van der Waals surface area contributed by atoms with Crippen LogP contribution in [-0.2, 0) is 0 Å². The smallest absolute Gasteiger partial charge is 0.0533 e. The van der Waals surface area contributed by atoms with Gasteiger partial charge in [0, 0.05) is 29.8 Å². The Balaban J connectivity index is 1.53. The topological polar surface area (TPSA) is 6.48 Å². The van der Waals surface area contributed by atoms with Crippen molar-refractivity contribution >= 4 is 40.3 Å². The molecule has 0 N–H and O–H groups in total. The fraction of sp³-hybridized carbons (Fsp3) is 0.312. The summed E-state index contributed by atoms with van der Waals surface area (Å²) in [5.41, 5.74) is 1.49. The average Bonchev–Trinajstić information content (AvgIpc) is 3.44. The predicted molar refractivity (Wildman–Crippen MR) is 153 cm³/mol. The second-order valence-corrected chi connectivity index (χ2v) is 12.2. The van der Waals surface area contributed by atoms with E-state index >= 15 is 0 Å². The Bertz CT molecular complexity index is 1210. The number of hydrogen-bond donors (Lipinski definition) is 0. The first kappa shape index (κ1) is 22.8. The minimum Gasteiger partial charge on any atom is -0.366 e. The van der Waals surface area contributed by atoms with Gasteiger partial charge in [-0.15, -0.1) is 0 Å². The van der Waals surface area contributed by atoms with Crippen molar-refractivity contribution in [3.8, 4) is 0 Å². The minimum absolute atomic E-state index is 0.592. The number of nitrogens with zero attached hydrogens (tertiary/aromatic N) is 2. The van der Waals surface area contributed by atoms with Gasteiger partial charge in [-0.2, -0.15) is 0 Å². The Morgan fingerprint density at radius 2 is 1.26 bits per heavy atom. The Morgan fingerprint density at radius 1 is 0.629 bits per heavy atom. The SMILES string of the molecule is c1ccc(P(c2ccccc2)c2ccc3ccccc3c2N2CCCCC2CN2CCCC2)cc1. The summed E-state index contributed by atoms with van der Waals surface area (Å²) in [5.74, 6) is 0. The van der Waals surface area contributed by atoms with Gasteiger partial charge in [-0.05, 0) is 69.1 Å². The maximum absolute atomic E-state index is 2.82. The normalized spacial score (nSPS) is 19.0. The fourth-order valence-corrected chi connectivity index (χ4v) is 8.53. The van der Waals surface area contributed by atoms with Gasteiger partial charge >= 0.3 is 0 Å². The van der Waals surface area contributed by atoms with E-state index in [2.05, 4.69) is 107 Å². The summed E-state index contributed by atoms with van der Waals surface area (Å²) in [5, 5.41) is 7.13. The molecule has 0 aliphatic carbocycles. The number of benzene rings is 4. The molecule has 0 aromatic heterocycles. The van der Waals surface area contributed by atoms with Crippen molar-refractivity contribution in [2.24, 2.45) is 0 Å². The summed E-state index contributed by atoms with van der Waals surface area (Å²) < 4.78 is 0. The van der Waals surface area contributed by atoms with E-state index in [4.69, 9.17) is 0 Å². The van der Waals surface area contributed by atoms with E-state index < -0.39 is 7.92 Å². The zero-order chi connectivity index (χ0) is 23.5. The van der Waals surface area contributed by atoms with E-state index in [-0.39, 0.29) is 0 Å². The molecule has 0 saturated carbocycles. The third kappa shape index (κ3) is 4.75. The molecule has 2 nitrogen and oxygen atoms in total. The lowest BCUT2D eigenvalue weighted by molar-refractivity contribution is 0.285. The molecule has 178 valence electrons. The van der Waals surface area contributed by atoms with Gasteiger partial charge in [-0.1, -0.05) is 97.1 Å². The van der Waals surface area contributed by atoms with E-state index in [0.29, 0.717) is 6.04 Å². The molecule has 0 spiro atoms. The highest BCUT2D eigenvalue weighted by atomic mass is 31.1. The second kappa shape index (κ2) is 10.5. The van der Waals surface area contributed by atoms with E-state index in [1.165, 1.54) is 84.1 Å². The number of rotatable bonds is 6. The van der Waals surface area contributed by atoms with Crippen LogP contribution in [0.5, 0.6) is 0 Å². The summed E-state index contributed by atoms with van der Waals surface area (Å²) in [4.78, 5) is 5.53. The van der Waals surface area contributed by atoms with E-state index in [0.717, 1.165) is 6.54 Å². The predicted octanol–water partition coefficient (Wildman–Crippen LogP) is 6.05. The van der Waals surface area contributed by atoms with Gasteiger partial charge in [0.05, 0.1) is 5.69 Å². The van der Waals surface area contributed by atoms with Crippen LogP contribution in [-0.4, -0.2) is 37.1 Å². The number of piperidine rings is 1. The minimum atomic E-state index is -0.654. The van der Waals surface area contributed by atoms with Crippen LogP contribution in [0.2, 0.25) is 0 Å². The highest BCUT2D eigenvalue weighted by Crippen LogP contribution is 2.41. The molecule has 2 aliphatic heterocycles. The highest BCUT2D eigenvalue weighted by molar-refractivity contribution is 7.80. The molecule has 0 amide bonds. The van der Waals surface area contributed by atoms with Crippen molar-refractivity contribution in [1.29, 1.82) is 0 Å². The fourth-order valence-electron chi connectivity index (χ4n) is 6.06. The molecule has 0 bridgehead atoms. The van der Waals surface area contributed by atoms with Crippen LogP contribution in [0.3, 0.4) is 0 Å². The molecule has 3 heteroatoms. The molecule has 1 atom stereocenters. The number of fused-ring (bicyclic) bond motifs is 1. The standard InChI is InChI=1S/C32H35N2P/c1-3-15-28(16-4-1)35(29-17-5-2-6-18-29)31-21-20-26-13-7-8-19-30(26)32(31)34-24-10-9-14-27(34)25-33-22-11-12-23-33/h1-8,13,15-21,27H,9-12,14,22-25H2.